The predicted molar refractivity (Wildman–Crippen MR) is 54.3 cm³/mol. The van der Waals surface area contributed by atoms with Gasteiger partial charge in [-0.15, -0.1) is 0 Å². The lowest BCUT2D eigenvalue weighted by Gasteiger charge is -2.04. The van der Waals surface area contributed by atoms with Crippen molar-refractivity contribution in [1.29, 1.82) is 0 Å². The molecule has 0 aliphatic carbocycles. The van der Waals surface area contributed by atoms with Crippen molar-refractivity contribution in [1.82, 2.24) is 5.32 Å². The summed E-state index contributed by atoms with van der Waals surface area (Å²) >= 11 is 0. The topological polar surface area (TPSA) is 81.6 Å². The van der Waals surface area contributed by atoms with Crippen LogP contribution in [0.25, 0.3) is 0 Å². The molecule has 14 heavy (non-hydrogen) atoms. The summed E-state index contributed by atoms with van der Waals surface area (Å²) in [6.45, 7) is 0. The molecule has 0 unspecified atom stereocenters. The van der Waals surface area contributed by atoms with E-state index in [-0.39, 0.29) is 6.03 Å². The molecule has 0 atom stereocenters. The molecule has 1 aromatic rings. The standard InChI is InChI=1S/C8H11BN2O3/c1-10-8(12)11-7-4-2-6(3-5-7)9(13)14/h2-5,13-14H,1H3,(H2,10,11,12). The predicted octanol–water partition coefficient (Wildman–Crippen LogP) is -0.882. The molecule has 0 spiro atoms. The maximum absolute atomic E-state index is 10.9. The highest BCUT2D eigenvalue weighted by atomic mass is 16.4. The van der Waals surface area contributed by atoms with Crippen LogP contribution < -0.4 is 16.1 Å². The number of amides is 2. The van der Waals surface area contributed by atoms with Crippen LogP contribution in [-0.4, -0.2) is 30.2 Å². The van der Waals surface area contributed by atoms with E-state index in [1.54, 1.807) is 12.1 Å². The van der Waals surface area contributed by atoms with Crippen LogP contribution in [0.15, 0.2) is 24.3 Å². The Kier molecular flexibility index (Phi) is 3.50. The summed E-state index contributed by atoms with van der Waals surface area (Å²) < 4.78 is 0. The third kappa shape index (κ3) is 2.76. The van der Waals surface area contributed by atoms with Crippen LogP contribution in [0.4, 0.5) is 10.5 Å². The van der Waals surface area contributed by atoms with Gasteiger partial charge in [0.1, 0.15) is 0 Å². The first-order valence-corrected chi connectivity index (χ1v) is 4.08. The first kappa shape index (κ1) is 10.6. The first-order chi connectivity index (χ1) is 6.63. The smallest absolute Gasteiger partial charge is 0.423 e. The zero-order chi connectivity index (χ0) is 10.6. The van der Waals surface area contributed by atoms with Crippen LogP contribution in [0.3, 0.4) is 0 Å². The van der Waals surface area contributed by atoms with Gasteiger partial charge in [-0.05, 0) is 17.6 Å². The Morgan fingerprint density at radius 3 is 2.29 bits per heavy atom. The van der Waals surface area contributed by atoms with Gasteiger partial charge in [0.15, 0.2) is 0 Å². The van der Waals surface area contributed by atoms with Crippen LogP contribution in [0.1, 0.15) is 0 Å². The summed E-state index contributed by atoms with van der Waals surface area (Å²) in [5.74, 6) is 0. The summed E-state index contributed by atoms with van der Waals surface area (Å²) in [6.07, 6.45) is 0. The van der Waals surface area contributed by atoms with Crippen molar-refractivity contribution in [2.75, 3.05) is 12.4 Å². The maximum atomic E-state index is 10.9. The molecule has 74 valence electrons. The summed E-state index contributed by atoms with van der Waals surface area (Å²) in [7, 11) is 0.0327. The highest BCUT2D eigenvalue weighted by molar-refractivity contribution is 6.58. The molecule has 0 fully saturated rings. The van der Waals surface area contributed by atoms with E-state index in [0.29, 0.717) is 11.2 Å². The Labute approximate surface area is 81.9 Å². The van der Waals surface area contributed by atoms with E-state index in [1.165, 1.54) is 19.2 Å². The lowest BCUT2D eigenvalue weighted by Crippen LogP contribution is -2.30. The van der Waals surface area contributed by atoms with Crippen molar-refractivity contribution >= 4 is 24.3 Å². The Balaban J connectivity index is 2.69. The van der Waals surface area contributed by atoms with E-state index in [1.807, 2.05) is 0 Å². The van der Waals surface area contributed by atoms with Gasteiger partial charge in [-0.2, -0.15) is 0 Å². The highest BCUT2D eigenvalue weighted by Crippen LogP contribution is 2.03. The monoisotopic (exact) mass is 194 g/mol. The molecule has 0 aliphatic heterocycles. The second-order valence-electron chi connectivity index (χ2n) is 2.70. The van der Waals surface area contributed by atoms with Crippen molar-refractivity contribution in [2.24, 2.45) is 0 Å². The molecule has 0 heterocycles. The number of anilines is 1. The highest BCUT2D eigenvalue weighted by Gasteiger charge is 2.09. The quantitative estimate of drug-likeness (QED) is 0.461. The van der Waals surface area contributed by atoms with Crippen molar-refractivity contribution < 1.29 is 14.8 Å². The lowest BCUT2D eigenvalue weighted by molar-refractivity contribution is 0.254. The van der Waals surface area contributed by atoms with Gasteiger partial charge in [0, 0.05) is 12.7 Å². The fraction of sp³-hybridized carbons (Fsp3) is 0.125. The molecule has 2 amide bonds. The number of nitrogens with one attached hydrogen (secondary N) is 2. The second-order valence-corrected chi connectivity index (χ2v) is 2.70. The average Bonchev–Trinajstić information content (AvgIpc) is 2.18. The number of hydrogen-bond acceptors (Lipinski definition) is 3. The van der Waals surface area contributed by atoms with Gasteiger partial charge >= 0.3 is 13.1 Å². The van der Waals surface area contributed by atoms with Gasteiger partial charge in [-0.3, -0.25) is 0 Å². The van der Waals surface area contributed by atoms with Crippen LogP contribution in [0, 0.1) is 0 Å². The van der Waals surface area contributed by atoms with Crippen molar-refractivity contribution in [3.05, 3.63) is 24.3 Å². The van der Waals surface area contributed by atoms with Gasteiger partial charge in [0.25, 0.3) is 0 Å². The van der Waals surface area contributed by atoms with Gasteiger partial charge < -0.3 is 20.7 Å². The van der Waals surface area contributed by atoms with Crippen molar-refractivity contribution in [3.8, 4) is 0 Å². The van der Waals surface area contributed by atoms with E-state index in [2.05, 4.69) is 10.6 Å². The third-order valence-corrected chi connectivity index (χ3v) is 1.69. The number of carbonyl (C=O) groups is 1. The maximum Gasteiger partial charge on any atom is 0.488 e. The number of urea groups is 1. The Morgan fingerprint density at radius 1 is 1.29 bits per heavy atom. The van der Waals surface area contributed by atoms with Gasteiger partial charge in [0.05, 0.1) is 0 Å². The van der Waals surface area contributed by atoms with E-state index in [4.69, 9.17) is 10.0 Å². The fourth-order valence-corrected chi connectivity index (χ4v) is 0.932. The summed E-state index contributed by atoms with van der Waals surface area (Å²) in [5.41, 5.74) is 0.973. The molecular weight excluding hydrogens is 183 g/mol. The number of rotatable bonds is 2. The summed E-state index contributed by atoms with van der Waals surface area (Å²) in [4.78, 5) is 10.9. The van der Waals surface area contributed by atoms with Crippen LogP contribution >= 0.6 is 0 Å². The Bertz CT molecular complexity index is 313. The molecule has 0 saturated carbocycles. The molecule has 0 saturated heterocycles. The summed E-state index contributed by atoms with van der Waals surface area (Å²) in [5, 5.41) is 22.5. The van der Waals surface area contributed by atoms with Gasteiger partial charge in [-0.1, -0.05) is 12.1 Å². The summed E-state index contributed by atoms with van der Waals surface area (Å²) in [6, 6.07) is 5.90. The SMILES string of the molecule is CNC(=O)Nc1ccc(B(O)O)cc1. The molecule has 4 N–H and O–H groups in total. The van der Waals surface area contributed by atoms with Crippen molar-refractivity contribution in [3.63, 3.8) is 0 Å². The molecule has 0 radical (unpaired) electrons. The molecular formula is C8H11BN2O3. The number of carbonyl (C=O) groups excluding carboxylic acids is 1. The molecule has 0 aliphatic rings. The molecule has 6 heteroatoms. The lowest BCUT2D eigenvalue weighted by atomic mass is 9.80. The van der Waals surface area contributed by atoms with Crippen LogP contribution in [-0.2, 0) is 0 Å². The molecule has 0 aromatic heterocycles. The molecule has 1 rings (SSSR count). The van der Waals surface area contributed by atoms with E-state index in [9.17, 15) is 4.79 Å². The van der Waals surface area contributed by atoms with Gasteiger partial charge in [0.2, 0.25) is 0 Å². The Morgan fingerprint density at radius 2 is 1.86 bits per heavy atom. The minimum absolute atomic E-state index is 0.317. The van der Waals surface area contributed by atoms with Crippen molar-refractivity contribution in [2.45, 2.75) is 0 Å². The molecule has 5 nitrogen and oxygen atoms in total. The molecule has 0 bridgehead atoms. The minimum atomic E-state index is -1.48. The van der Waals surface area contributed by atoms with E-state index in [0.717, 1.165) is 0 Å². The number of hydrogen-bond donors (Lipinski definition) is 4. The van der Waals surface area contributed by atoms with E-state index < -0.39 is 7.12 Å². The molecule has 1 aromatic carbocycles. The third-order valence-electron chi connectivity index (χ3n) is 1.69. The average molecular weight is 194 g/mol. The van der Waals surface area contributed by atoms with Gasteiger partial charge in [-0.25, -0.2) is 4.79 Å². The number of benzene rings is 1. The zero-order valence-corrected chi connectivity index (χ0v) is 7.69. The second kappa shape index (κ2) is 4.64. The fourth-order valence-electron chi connectivity index (χ4n) is 0.932. The minimum Gasteiger partial charge on any atom is -0.423 e. The normalized spacial score (nSPS) is 9.36. The first-order valence-electron chi connectivity index (χ1n) is 4.08. The largest absolute Gasteiger partial charge is 0.488 e. The Hall–Kier alpha value is -1.53. The zero-order valence-electron chi connectivity index (χ0n) is 7.69. The van der Waals surface area contributed by atoms with Crippen LogP contribution in [0.2, 0.25) is 0 Å². The van der Waals surface area contributed by atoms with E-state index >= 15 is 0 Å². The van der Waals surface area contributed by atoms with Crippen LogP contribution in [0.5, 0.6) is 0 Å².